The van der Waals surface area contributed by atoms with Crippen molar-refractivity contribution in [2.45, 2.75) is 127 Å². The lowest BCUT2D eigenvalue weighted by atomic mass is 9.67. The van der Waals surface area contributed by atoms with E-state index in [0.29, 0.717) is 138 Å². The monoisotopic (exact) mass is 1160 g/mol. The van der Waals surface area contributed by atoms with Crippen molar-refractivity contribution in [1.29, 1.82) is 0 Å². The Morgan fingerprint density at radius 1 is 0.843 bits per heavy atom. The summed E-state index contributed by atoms with van der Waals surface area (Å²) in [6, 6.07) is 17.1. The molecule has 21 nitrogen and oxygen atoms in total. The van der Waals surface area contributed by atoms with E-state index in [-0.39, 0.29) is 90.6 Å². The minimum Gasteiger partial charge on any atom is -0.507 e. The predicted octanol–water partition coefficient (Wildman–Crippen LogP) is 6.88. The Kier molecular flexibility index (Phi) is 19.5. The van der Waals surface area contributed by atoms with Crippen LogP contribution in [0.3, 0.4) is 0 Å². The molecule has 83 heavy (non-hydrogen) atoms. The van der Waals surface area contributed by atoms with Gasteiger partial charge in [-0.2, -0.15) is 0 Å². The molecule has 4 aliphatic heterocycles. The number of phenolic OH excluding ortho intramolecular Hbond substituents is 1. The molecule has 1 saturated heterocycles. The Morgan fingerprint density at radius 3 is 2.30 bits per heavy atom. The molecular formula is C61H73ClN8O13. The number of aliphatic hydroxyl groups is 1. The van der Waals surface area contributed by atoms with Crippen LogP contribution in [0.25, 0.3) is 10.8 Å². The van der Waals surface area contributed by atoms with E-state index in [1.165, 1.54) is 36.3 Å². The number of ether oxygens (including phenoxy) is 3. The predicted molar refractivity (Wildman–Crippen MR) is 310 cm³/mol. The van der Waals surface area contributed by atoms with Crippen LogP contribution in [0, 0.1) is 5.41 Å². The van der Waals surface area contributed by atoms with E-state index in [1.807, 2.05) is 24.3 Å². The summed E-state index contributed by atoms with van der Waals surface area (Å²) in [6.45, 7) is 1.75. The van der Waals surface area contributed by atoms with Crippen LogP contribution in [-0.4, -0.2) is 138 Å². The lowest BCUT2D eigenvalue weighted by molar-refractivity contribution is -0.151. The van der Waals surface area contributed by atoms with Gasteiger partial charge >= 0.3 is 6.09 Å². The second-order valence-electron chi connectivity index (χ2n) is 21.9. The summed E-state index contributed by atoms with van der Waals surface area (Å²) in [5.41, 5.74) is 7.22. The summed E-state index contributed by atoms with van der Waals surface area (Å²) >= 11 is 6.39. The molecule has 0 aromatic heterocycles. The highest BCUT2D eigenvalue weighted by molar-refractivity contribution is 6.19. The van der Waals surface area contributed by atoms with Gasteiger partial charge in [-0.25, -0.2) is 9.69 Å². The van der Waals surface area contributed by atoms with Gasteiger partial charge in [0, 0.05) is 79.8 Å². The van der Waals surface area contributed by atoms with Gasteiger partial charge in [0.1, 0.15) is 23.8 Å². The van der Waals surface area contributed by atoms with Crippen molar-refractivity contribution in [2.75, 3.05) is 67.4 Å². The lowest BCUT2D eigenvalue weighted by Gasteiger charge is -2.39. The van der Waals surface area contributed by atoms with E-state index >= 15 is 0 Å². The van der Waals surface area contributed by atoms with Crippen LogP contribution in [0.5, 0.6) is 17.2 Å². The zero-order valence-corrected chi connectivity index (χ0v) is 47.5. The number of hydrogen-bond donors (Lipinski definition) is 6. The van der Waals surface area contributed by atoms with Crippen molar-refractivity contribution in [2.24, 2.45) is 11.1 Å². The molecule has 4 heterocycles. The molecule has 1 saturated carbocycles. The molecule has 7 N–H and O–H groups in total. The molecule has 9 rings (SSSR count). The Morgan fingerprint density at radius 2 is 1.59 bits per heavy atom. The van der Waals surface area contributed by atoms with Gasteiger partial charge in [-0.1, -0.05) is 42.8 Å². The summed E-state index contributed by atoms with van der Waals surface area (Å²) in [7, 11) is 1.44. The highest BCUT2D eigenvalue weighted by Crippen LogP contribution is 2.46. The first kappa shape index (κ1) is 59.9. The largest absolute Gasteiger partial charge is 0.507 e. The molecule has 442 valence electrons. The second kappa shape index (κ2) is 27.1. The van der Waals surface area contributed by atoms with Crippen LogP contribution in [-0.2, 0) is 40.1 Å². The highest BCUT2D eigenvalue weighted by atomic mass is 35.5. The third-order valence-electron chi connectivity index (χ3n) is 16.5. The number of imide groups is 1. The van der Waals surface area contributed by atoms with E-state index in [1.54, 1.807) is 40.1 Å². The van der Waals surface area contributed by atoms with Gasteiger partial charge in [0.05, 0.1) is 36.7 Å². The van der Waals surface area contributed by atoms with Crippen molar-refractivity contribution in [1.82, 2.24) is 20.4 Å². The summed E-state index contributed by atoms with van der Waals surface area (Å²) in [6.07, 6.45) is 7.75. The van der Waals surface area contributed by atoms with Crippen molar-refractivity contribution < 1.29 is 62.8 Å². The number of halogens is 1. The van der Waals surface area contributed by atoms with Crippen LogP contribution < -0.4 is 41.0 Å². The van der Waals surface area contributed by atoms with Crippen LogP contribution in [0.2, 0.25) is 0 Å². The zero-order chi connectivity index (χ0) is 58.8. The SMILES string of the molecule is COc1cc2c(cc1OCCCCCC(=O)N1CC(CCl)c3c1cc(O)c1ccccc31)N(C(=O)OCc1ccc(NC(=O)[C@H](CCCCN)NC(=O)C3(C(=O)NCCCCCN4C(=O)C=CC4=O)CCC3)cc1)C(O)[C@@H]1CCCN1C2=O. The van der Waals surface area contributed by atoms with Gasteiger partial charge in [0.25, 0.3) is 17.7 Å². The first-order valence-electron chi connectivity index (χ1n) is 28.8. The number of aromatic hydroxyl groups is 1. The molecule has 5 aliphatic rings. The molecule has 4 atom stereocenters. The number of carbonyl (C=O) groups is 8. The minimum absolute atomic E-state index is 0.0695. The number of nitrogens with one attached hydrogen (secondary N) is 3. The smallest absolute Gasteiger partial charge is 0.416 e. The molecule has 1 aliphatic carbocycles. The quantitative estimate of drug-likeness (QED) is 0.0162. The molecule has 8 amide bonds. The summed E-state index contributed by atoms with van der Waals surface area (Å²) in [5.74, 6) is -1.72. The van der Waals surface area contributed by atoms with Crippen molar-refractivity contribution >= 4 is 86.9 Å². The topological polar surface area (TPSA) is 280 Å². The van der Waals surface area contributed by atoms with E-state index in [4.69, 9.17) is 31.5 Å². The Bertz CT molecular complexity index is 3120. The third-order valence-corrected chi connectivity index (χ3v) is 16.9. The van der Waals surface area contributed by atoms with Gasteiger partial charge in [-0.15, -0.1) is 11.6 Å². The number of aliphatic hydroxyl groups excluding tert-OH is 1. The number of hydrogen-bond acceptors (Lipinski definition) is 14. The molecular weight excluding hydrogens is 1090 g/mol. The van der Waals surface area contributed by atoms with Gasteiger partial charge < -0.3 is 55.9 Å². The highest BCUT2D eigenvalue weighted by Gasteiger charge is 2.51. The average Bonchev–Trinajstić information content (AvgIpc) is 2.78. The number of anilines is 3. The Labute approximate surface area is 486 Å². The third kappa shape index (κ3) is 13.1. The Hall–Kier alpha value is -7.75. The zero-order valence-electron chi connectivity index (χ0n) is 46.7. The lowest BCUT2D eigenvalue weighted by Crippen LogP contribution is -2.58. The molecule has 2 unspecified atom stereocenters. The second-order valence-corrected chi connectivity index (χ2v) is 22.2. The number of alkyl halides is 1. The number of carbonyl (C=O) groups excluding carboxylic acids is 8. The average molecular weight is 1160 g/mol. The Balaban J connectivity index is 0.786. The van der Waals surface area contributed by atoms with Crippen LogP contribution in [0.4, 0.5) is 21.9 Å². The molecule has 22 heteroatoms. The number of nitrogens with zero attached hydrogens (tertiary/aromatic N) is 4. The number of methoxy groups -OCH3 is 1. The molecule has 4 aromatic rings. The first-order chi connectivity index (χ1) is 40.2. The van der Waals surface area contributed by atoms with Crippen LogP contribution in [0.15, 0.2) is 78.9 Å². The number of nitrogens with two attached hydrogens (primary N) is 1. The maximum Gasteiger partial charge on any atom is 0.416 e. The fourth-order valence-electron chi connectivity index (χ4n) is 11.8. The summed E-state index contributed by atoms with van der Waals surface area (Å²) in [5, 5.41) is 32.9. The maximum absolute atomic E-state index is 14.2. The number of rotatable bonds is 26. The van der Waals surface area contributed by atoms with Crippen LogP contribution in [0.1, 0.15) is 124 Å². The van der Waals surface area contributed by atoms with Crippen molar-refractivity contribution in [3.05, 3.63) is 95.6 Å². The van der Waals surface area contributed by atoms with Gasteiger partial charge in [-0.3, -0.25) is 38.5 Å². The minimum atomic E-state index is -1.47. The van der Waals surface area contributed by atoms with Crippen molar-refractivity contribution in [3.8, 4) is 17.2 Å². The van der Waals surface area contributed by atoms with Crippen molar-refractivity contribution in [3.63, 3.8) is 0 Å². The number of phenols is 1. The van der Waals surface area contributed by atoms with Gasteiger partial charge in [-0.05, 0) is 125 Å². The fourth-order valence-corrected chi connectivity index (χ4v) is 12.0. The summed E-state index contributed by atoms with van der Waals surface area (Å²) in [4.78, 5) is 112. The standard InChI is InChI=1S/C61H73ClN8O13/c1-81-49-32-43-46(34-50(49)82-31-11-2-4-18-51(72)69-36-39(35-62)54-42-15-6-5-14-41(42)48(71)33-47(54)69)70(57(77)45-17-12-30-67(45)56(43)76)60(80)83-37-38-19-21-40(22-20-38)65-55(75)44(16-7-8-27-63)66-59(79)61(25-13-26-61)58(78)64-28-9-3-10-29-68-52(73)23-24-53(68)74/h5-6,14-15,19-24,32-34,39,44-45,57,71,77H,2-4,7-13,16-18,25-31,35-37,63H2,1H3,(H,64,78)(H,65,75)(H,66,79)/t39?,44-,45-,57?/m0/s1. The number of fused-ring (bicyclic) bond motifs is 5. The summed E-state index contributed by atoms with van der Waals surface area (Å²) < 4.78 is 17.7. The van der Waals surface area contributed by atoms with E-state index < -0.39 is 47.5 Å². The molecule has 0 radical (unpaired) electrons. The number of unbranched alkanes of at least 4 members (excludes halogenated alkanes) is 5. The first-order valence-corrected chi connectivity index (χ1v) is 29.3. The van der Waals surface area contributed by atoms with Gasteiger partial charge in [0.15, 0.2) is 17.7 Å². The van der Waals surface area contributed by atoms with E-state index in [2.05, 4.69) is 16.0 Å². The molecule has 2 fully saturated rings. The fraction of sp³-hybridized carbons (Fsp3) is 0.475. The normalized spacial score (nSPS) is 18.9. The molecule has 0 bridgehead atoms. The van der Waals surface area contributed by atoms with E-state index in [0.717, 1.165) is 15.8 Å². The maximum atomic E-state index is 14.2. The number of amides is 8. The van der Waals surface area contributed by atoms with E-state index in [9.17, 15) is 48.6 Å². The van der Waals surface area contributed by atoms with Gasteiger partial charge in [0.2, 0.25) is 23.6 Å². The number of benzene rings is 4. The molecule has 4 aromatic carbocycles. The van der Waals surface area contributed by atoms with Crippen LogP contribution >= 0.6 is 11.6 Å². The molecule has 0 spiro atoms.